The second-order valence-corrected chi connectivity index (χ2v) is 2.46. The summed E-state index contributed by atoms with van der Waals surface area (Å²) in [7, 11) is 0. The first-order chi connectivity index (χ1) is 4.79. The molecule has 1 saturated carbocycles. The van der Waals surface area contributed by atoms with Crippen LogP contribution in [-0.4, -0.2) is 12.7 Å². The summed E-state index contributed by atoms with van der Waals surface area (Å²) in [6, 6.07) is 0. The van der Waals surface area contributed by atoms with Crippen molar-refractivity contribution in [1.29, 1.82) is 0 Å². The van der Waals surface area contributed by atoms with Gasteiger partial charge in [-0.15, -0.1) is 0 Å². The molecule has 1 nitrogen and oxygen atoms in total. The van der Waals surface area contributed by atoms with E-state index in [2.05, 4.69) is 11.2 Å². The molecular weight excluding hydrogens is 138 g/mol. The van der Waals surface area contributed by atoms with Crippen molar-refractivity contribution < 1.29 is 13.5 Å². The summed E-state index contributed by atoms with van der Waals surface area (Å²) < 4.78 is 27.5. The smallest absolute Gasteiger partial charge is 0.320 e. The van der Waals surface area contributed by atoms with Gasteiger partial charge in [0.25, 0.3) is 0 Å². The van der Waals surface area contributed by atoms with Crippen LogP contribution in [0.2, 0.25) is 0 Å². The average Bonchev–Trinajstić information content (AvgIpc) is 1.88. The Kier molecular flexibility index (Phi) is 3.06. The predicted octanol–water partition coefficient (Wildman–Crippen LogP) is 2.37. The minimum atomic E-state index is -2.59. The normalized spacial score (nSPS) is 21.9. The van der Waals surface area contributed by atoms with Gasteiger partial charge in [-0.05, 0) is 32.1 Å². The van der Waals surface area contributed by atoms with Crippen LogP contribution in [0.25, 0.3) is 0 Å². The lowest BCUT2D eigenvalue weighted by atomic mass is 9.98. The Morgan fingerprint density at radius 2 is 1.90 bits per heavy atom. The SMILES string of the molecule is FC(F)OC1CC[CH]CC1. The highest BCUT2D eigenvalue weighted by Crippen LogP contribution is 2.21. The molecule has 0 aromatic carbocycles. The van der Waals surface area contributed by atoms with Crippen LogP contribution in [0.3, 0.4) is 0 Å². The fraction of sp³-hybridized carbons (Fsp3) is 0.857. The standard InChI is InChI=1S/C7H11F2O/c8-7(9)10-6-4-2-1-3-5-6/h1,6-7H,2-5H2. The molecule has 0 aromatic rings. The van der Waals surface area contributed by atoms with E-state index in [1.165, 1.54) is 0 Å². The van der Waals surface area contributed by atoms with Gasteiger partial charge in [0.2, 0.25) is 0 Å². The summed E-state index contributed by atoms with van der Waals surface area (Å²) in [6.07, 6.45) is 5.25. The molecule has 0 amide bonds. The van der Waals surface area contributed by atoms with Crippen LogP contribution in [-0.2, 0) is 4.74 Å². The van der Waals surface area contributed by atoms with Crippen LogP contribution in [0, 0.1) is 6.42 Å². The lowest BCUT2D eigenvalue weighted by Crippen LogP contribution is -2.19. The molecule has 1 radical (unpaired) electrons. The van der Waals surface area contributed by atoms with Crippen LogP contribution in [0.1, 0.15) is 25.7 Å². The number of ether oxygens (including phenoxy) is 1. The molecule has 1 aliphatic carbocycles. The lowest BCUT2D eigenvalue weighted by molar-refractivity contribution is -0.167. The predicted molar refractivity (Wildman–Crippen MR) is 33.6 cm³/mol. The Balaban J connectivity index is 2.13. The fourth-order valence-corrected chi connectivity index (χ4v) is 1.18. The summed E-state index contributed by atoms with van der Waals surface area (Å²) in [6.45, 7) is -2.59. The second-order valence-electron chi connectivity index (χ2n) is 2.46. The largest absolute Gasteiger partial charge is 0.345 e. The molecule has 1 fully saturated rings. The molecule has 1 aliphatic rings. The minimum absolute atomic E-state index is 0.204. The summed E-state index contributed by atoms with van der Waals surface area (Å²) >= 11 is 0. The Morgan fingerprint density at radius 3 is 2.40 bits per heavy atom. The third kappa shape index (κ3) is 2.60. The molecule has 0 atom stereocenters. The van der Waals surface area contributed by atoms with Crippen molar-refractivity contribution in [2.45, 2.75) is 38.4 Å². The van der Waals surface area contributed by atoms with Crippen molar-refractivity contribution in [2.24, 2.45) is 0 Å². The van der Waals surface area contributed by atoms with E-state index in [9.17, 15) is 8.78 Å². The van der Waals surface area contributed by atoms with Gasteiger partial charge in [-0.2, -0.15) is 8.78 Å². The van der Waals surface area contributed by atoms with E-state index in [0.29, 0.717) is 0 Å². The first-order valence-electron chi connectivity index (χ1n) is 3.54. The van der Waals surface area contributed by atoms with Crippen molar-refractivity contribution in [1.82, 2.24) is 0 Å². The van der Waals surface area contributed by atoms with E-state index in [0.717, 1.165) is 25.7 Å². The molecule has 1 rings (SSSR count). The number of rotatable bonds is 2. The molecule has 0 bridgehead atoms. The first-order valence-corrected chi connectivity index (χ1v) is 3.54. The van der Waals surface area contributed by atoms with E-state index in [4.69, 9.17) is 0 Å². The van der Waals surface area contributed by atoms with Crippen LogP contribution in [0.4, 0.5) is 8.78 Å². The Morgan fingerprint density at radius 1 is 1.30 bits per heavy atom. The van der Waals surface area contributed by atoms with Gasteiger partial charge in [-0.1, -0.05) is 0 Å². The fourth-order valence-electron chi connectivity index (χ4n) is 1.18. The molecule has 0 saturated heterocycles. The lowest BCUT2D eigenvalue weighted by Gasteiger charge is -2.20. The number of alkyl halides is 2. The monoisotopic (exact) mass is 149 g/mol. The van der Waals surface area contributed by atoms with Gasteiger partial charge in [0.1, 0.15) is 0 Å². The molecule has 0 spiro atoms. The van der Waals surface area contributed by atoms with E-state index >= 15 is 0 Å². The zero-order valence-corrected chi connectivity index (χ0v) is 5.72. The highest BCUT2D eigenvalue weighted by atomic mass is 19.3. The van der Waals surface area contributed by atoms with Crippen molar-refractivity contribution >= 4 is 0 Å². The van der Waals surface area contributed by atoms with Gasteiger partial charge in [0, 0.05) is 0 Å². The van der Waals surface area contributed by atoms with E-state index in [-0.39, 0.29) is 6.10 Å². The number of hydrogen-bond donors (Lipinski definition) is 0. The zero-order chi connectivity index (χ0) is 7.40. The third-order valence-corrected chi connectivity index (χ3v) is 1.68. The maximum atomic E-state index is 11.6. The van der Waals surface area contributed by atoms with Crippen LogP contribution in [0.5, 0.6) is 0 Å². The highest BCUT2D eigenvalue weighted by molar-refractivity contribution is 4.76. The first kappa shape index (κ1) is 7.92. The van der Waals surface area contributed by atoms with Gasteiger partial charge < -0.3 is 4.74 Å². The molecule has 0 unspecified atom stereocenters. The quantitative estimate of drug-likeness (QED) is 0.585. The molecule has 0 aliphatic heterocycles. The van der Waals surface area contributed by atoms with Crippen molar-refractivity contribution in [3.05, 3.63) is 6.42 Å². The van der Waals surface area contributed by atoms with E-state index < -0.39 is 6.61 Å². The Bertz CT molecular complexity index is 89.6. The summed E-state index contributed by atoms with van der Waals surface area (Å²) in [5, 5.41) is 0. The number of hydrogen-bond acceptors (Lipinski definition) is 1. The Labute approximate surface area is 59.4 Å². The van der Waals surface area contributed by atoms with Gasteiger partial charge in [0.05, 0.1) is 6.10 Å². The highest BCUT2D eigenvalue weighted by Gasteiger charge is 2.17. The molecular formula is C7H11F2O. The van der Waals surface area contributed by atoms with Crippen molar-refractivity contribution in [2.75, 3.05) is 0 Å². The maximum absolute atomic E-state index is 11.6. The van der Waals surface area contributed by atoms with Gasteiger partial charge in [-0.3, -0.25) is 0 Å². The average molecular weight is 149 g/mol. The van der Waals surface area contributed by atoms with Crippen molar-refractivity contribution in [3.63, 3.8) is 0 Å². The number of halogens is 2. The Hall–Kier alpha value is -0.180. The van der Waals surface area contributed by atoms with Gasteiger partial charge in [-0.25, -0.2) is 0 Å². The maximum Gasteiger partial charge on any atom is 0.345 e. The van der Waals surface area contributed by atoms with Crippen LogP contribution < -0.4 is 0 Å². The summed E-state index contributed by atoms with van der Waals surface area (Å²) in [5.41, 5.74) is 0. The molecule has 3 heteroatoms. The molecule has 0 heterocycles. The molecule has 0 aromatic heterocycles. The summed E-state index contributed by atoms with van der Waals surface area (Å²) in [5.74, 6) is 0. The van der Waals surface area contributed by atoms with Crippen molar-refractivity contribution in [3.8, 4) is 0 Å². The van der Waals surface area contributed by atoms with Crippen LogP contribution >= 0.6 is 0 Å². The summed E-state index contributed by atoms with van der Waals surface area (Å²) in [4.78, 5) is 0. The van der Waals surface area contributed by atoms with E-state index in [1.54, 1.807) is 0 Å². The van der Waals surface area contributed by atoms with Gasteiger partial charge in [0.15, 0.2) is 0 Å². The minimum Gasteiger partial charge on any atom is -0.320 e. The van der Waals surface area contributed by atoms with Gasteiger partial charge >= 0.3 is 6.61 Å². The molecule has 0 N–H and O–H groups in total. The zero-order valence-electron chi connectivity index (χ0n) is 5.72. The second kappa shape index (κ2) is 3.86. The third-order valence-electron chi connectivity index (χ3n) is 1.68. The van der Waals surface area contributed by atoms with Crippen LogP contribution in [0.15, 0.2) is 0 Å². The molecule has 59 valence electrons. The van der Waals surface area contributed by atoms with E-state index in [1.807, 2.05) is 0 Å². The topological polar surface area (TPSA) is 9.23 Å². The molecule has 10 heavy (non-hydrogen) atoms.